The summed E-state index contributed by atoms with van der Waals surface area (Å²) < 4.78 is 4.69. The van der Waals surface area contributed by atoms with Gasteiger partial charge in [-0.2, -0.15) is 4.80 Å². The highest BCUT2D eigenvalue weighted by molar-refractivity contribution is 5.96. The summed E-state index contributed by atoms with van der Waals surface area (Å²) in [7, 11) is 1.33. The van der Waals surface area contributed by atoms with Crippen LogP contribution in [-0.2, 0) is 11.3 Å². The number of benzene rings is 1. The van der Waals surface area contributed by atoms with Crippen molar-refractivity contribution in [3.8, 4) is 11.4 Å². The number of tetrazole rings is 1. The molecule has 1 fully saturated rings. The number of pyridine rings is 1. The van der Waals surface area contributed by atoms with Gasteiger partial charge in [-0.1, -0.05) is 0 Å². The molecule has 1 atom stereocenters. The van der Waals surface area contributed by atoms with Gasteiger partial charge >= 0.3 is 5.97 Å². The fourth-order valence-electron chi connectivity index (χ4n) is 3.45. The summed E-state index contributed by atoms with van der Waals surface area (Å²) in [5.41, 5.74) is 1.79. The Kier molecular flexibility index (Phi) is 5.28. The Morgan fingerprint density at radius 1 is 1.10 bits per heavy atom. The van der Waals surface area contributed by atoms with Gasteiger partial charge in [-0.3, -0.25) is 9.78 Å². The van der Waals surface area contributed by atoms with Crippen LogP contribution in [0.25, 0.3) is 11.4 Å². The lowest BCUT2D eigenvalue weighted by Crippen LogP contribution is -2.38. The fraction of sp³-hybridized carbons (Fsp3) is 0.300. The van der Waals surface area contributed by atoms with Gasteiger partial charge in [-0.25, -0.2) is 4.79 Å². The highest BCUT2D eigenvalue weighted by Gasteiger charge is 2.30. The summed E-state index contributed by atoms with van der Waals surface area (Å²) in [5, 5.41) is 12.7. The topological polar surface area (TPSA) is 103 Å². The van der Waals surface area contributed by atoms with Gasteiger partial charge in [0.15, 0.2) is 0 Å². The summed E-state index contributed by atoms with van der Waals surface area (Å²) in [5.74, 6) is 0.0327. The maximum Gasteiger partial charge on any atom is 0.337 e. The van der Waals surface area contributed by atoms with Crippen molar-refractivity contribution in [3.63, 3.8) is 0 Å². The molecule has 148 valence electrons. The molecule has 1 aromatic carbocycles. The maximum atomic E-state index is 13.0. The number of nitrogens with zero attached hydrogens (tertiary/aromatic N) is 6. The zero-order chi connectivity index (χ0) is 20.2. The van der Waals surface area contributed by atoms with Crippen molar-refractivity contribution in [2.45, 2.75) is 25.4 Å². The Bertz CT molecular complexity index is 1000. The molecule has 0 radical (unpaired) electrons. The molecule has 3 aromatic rings. The van der Waals surface area contributed by atoms with Crippen molar-refractivity contribution in [2.75, 3.05) is 13.7 Å². The van der Waals surface area contributed by atoms with Crippen LogP contribution in [0.2, 0.25) is 0 Å². The van der Waals surface area contributed by atoms with E-state index in [-0.39, 0.29) is 11.9 Å². The normalized spacial score (nSPS) is 16.0. The van der Waals surface area contributed by atoms with Crippen LogP contribution in [0.3, 0.4) is 0 Å². The molecule has 0 spiro atoms. The summed E-state index contributed by atoms with van der Waals surface area (Å²) in [6, 6.07) is 10.1. The summed E-state index contributed by atoms with van der Waals surface area (Å²) in [4.78, 5) is 31.9. The molecular formula is C20H20N6O3. The predicted octanol–water partition coefficient (Wildman–Crippen LogP) is 1.83. The first-order valence-corrected chi connectivity index (χ1v) is 9.33. The average Bonchev–Trinajstić information content (AvgIpc) is 3.43. The lowest BCUT2D eigenvalue weighted by atomic mass is 10.1. The zero-order valence-corrected chi connectivity index (χ0v) is 15.9. The van der Waals surface area contributed by atoms with Gasteiger partial charge in [-0.05, 0) is 54.5 Å². The van der Waals surface area contributed by atoms with Crippen molar-refractivity contribution < 1.29 is 14.3 Å². The highest BCUT2D eigenvalue weighted by atomic mass is 16.5. The molecule has 1 aliphatic rings. The molecule has 0 aliphatic carbocycles. The lowest BCUT2D eigenvalue weighted by Gasteiger charge is -2.24. The molecule has 29 heavy (non-hydrogen) atoms. The monoisotopic (exact) mass is 392 g/mol. The van der Waals surface area contributed by atoms with Gasteiger partial charge in [-0.15, -0.1) is 10.2 Å². The third-order valence-corrected chi connectivity index (χ3v) is 4.96. The number of methoxy groups -OCH3 is 1. The molecule has 4 rings (SSSR count). The minimum absolute atomic E-state index is 0.0118. The Labute approximate surface area is 167 Å². The van der Waals surface area contributed by atoms with Gasteiger partial charge in [0.1, 0.15) is 0 Å². The van der Waals surface area contributed by atoms with Crippen molar-refractivity contribution in [1.29, 1.82) is 0 Å². The Hall–Kier alpha value is -3.62. The van der Waals surface area contributed by atoms with Crippen molar-refractivity contribution in [1.82, 2.24) is 30.1 Å². The van der Waals surface area contributed by atoms with E-state index in [0.717, 1.165) is 18.4 Å². The second-order valence-electron chi connectivity index (χ2n) is 6.77. The SMILES string of the molecule is COC(=O)c1ccc(C(=O)N2CCC[C@H]2Cn2nnc(-c3ccncc3)n2)cc1. The van der Waals surface area contributed by atoms with Gasteiger partial charge in [0.05, 0.1) is 25.3 Å². The van der Waals surface area contributed by atoms with Gasteiger partial charge in [0.2, 0.25) is 5.82 Å². The molecule has 9 heteroatoms. The van der Waals surface area contributed by atoms with Crippen LogP contribution in [0.5, 0.6) is 0 Å². The number of hydrogen-bond acceptors (Lipinski definition) is 7. The average molecular weight is 392 g/mol. The number of esters is 1. The maximum absolute atomic E-state index is 13.0. The van der Waals surface area contributed by atoms with E-state index in [4.69, 9.17) is 4.74 Å². The molecule has 0 N–H and O–H groups in total. The van der Waals surface area contributed by atoms with Crippen LogP contribution in [0, 0.1) is 0 Å². The first-order valence-electron chi connectivity index (χ1n) is 9.33. The standard InChI is InChI=1S/C20H20N6O3/c1-29-20(28)16-6-4-15(5-7-16)19(27)25-12-2-3-17(25)13-26-23-18(22-24-26)14-8-10-21-11-9-14/h4-11,17H,2-3,12-13H2,1H3/t17-/m0/s1. The van der Waals surface area contributed by atoms with E-state index in [2.05, 4.69) is 20.4 Å². The fourth-order valence-corrected chi connectivity index (χ4v) is 3.45. The minimum atomic E-state index is -0.426. The number of ether oxygens (including phenoxy) is 1. The van der Waals surface area contributed by atoms with E-state index in [9.17, 15) is 9.59 Å². The smallest absolute Gasteiger partial charge is 0.337 e. The van der Waals surface area contributed by atoms with E-state index in [1.165, 1.54) is 11.9 Å². The molecular weight excluding hydrogens is 372 g/mol. The van der Waals surface area contributed by atoms with Gasteiger partial charge in [0, 0.05) is 30.1 Å². The number of carbonyl (C=O) groups excluding carboxylic acids is 2. The number of rotatable bonds is 5. The first kappa shape index (κ1) is 18.7. The van der Waals surface area contributed by atoms with Crippen LogP contribution in [0.1, 0.15) is 33.6 Å². The quantitative estimate of drug-likeness (QED) is 0.610. The number of carbonyl (C=O) groups is 2. The molecule has 3 heterocycles. The Morgan fingerprint density at radius 3 is 2.55 bits per heavy atom. The van der Waals surface area contributed by atoms with Crippen molar-refractivity contribution in [2.24, 2.45) is 0 Å². The largest absolute Gasteiger partial charge is 0.465 e. The third-order valence-electron chi connectivity index (χ3n) is 4.96. The molecule has 9 nitrogen and oxygen atoms in total. The lowest BCUT2D eigenvalue weighted by molar-refractivity contribution is 0.0599. The molecule has 1 aliphatic heterocycles. The predicted molar refractivity (Wildman–Crippen MR) is 103 cm³/mol. The van der Waals surface area contributed by atoms with Crippen LogP contribution in [0.4, 0.5) is 0 Å². The number of aromatic nitrogens is 5. The summed E-state index contributed by atoms with van der Waals surface area (Å²) in [6.07, 6.45) is 5.15. The third kappa shape index (κ3) is 3.98. The summed E-state index contributed by atoms with van der Waals surface area (Å²) >= 11 is 0. The minimum Gasteiger partial charge on any atom is -0.465 e. The van der Waals surface area contributed by atoms with E-state index < -0.39 is 5.97 Å². The molecule has 0 unspecified atom stereocenters. The number of likely N-dealkylation sites (tertiary alicyclic amines) is 1. The molecule has 0 bridgehead atoms. The number of hydrogen-bond donors (Lipinski definition) is 0. The van der Waals surface area contributed by atoms with Gasteiger partial charge < -0.3 is 9.64 Å². The van der Waals surface area contributed by atoms with Crippen LogP contribution in [-0.4, -0.2) is 61.7 Å². The van der Waals surface area contributed by atoms with Crippen LogP contribution < -0.4 is 0 Å². The zero-order valence-electron chi connectivity index (χ0n) is 15.9. The Balaban J connectivity index is 1.46. The van der Waals surface area contributed by atoms with E-state index in [1.54, 1.807) is 36.7 Å². The van der Waals surface area contributed by atoms with Gasteiger partial charge in [0.25, 0.3) is 5.91 Å². The van der Waals surface area contributed by atoms with Crippen molar-refractivity contribution in [3.05, 3.63) is 59.9 Å². The summed E-state index contributed by atoms with van der Waals surface area (Å²) in [6.45, 7) is 1.15. The van der Waals surface area contributed by atoms with Crippen molar-refractivity contribution >= 4 is 11.9 Å². The van der Waals surface area contributed by atoms with E-state index in [1.807, 2.05) is 17.0 Å². The molecule has 1 saturated heterocycles. The number of amides is 1. The molecule has 2 aromatic heterocycles. The highest BCUT2D eigenvalue weighted by Crippen LogP contribution is 2.22. The Morgan fingerprint density at radius 2 is 1.83 bits per heavy atom. The second-order valence-corrected chi connectivity index (χ2v) is 6.77. The van der Waals surface area contributed by atoms with Crippen LogP contribution >= 0.6 is 0 Å². The van der Waals surface area contributed by atoms with Crippen LogP contribution in [0.15, 0.2) is 48.8 Å². The first-order chi connectivity index (χ1) is 14.2. The second kappa shape index (κ2) is 8.17. The van der Waals surface area contributed by atoms with E-state index in [0.29, 0.717) is 30.0 Å². The van der Waals surface area contributed by atoms with E-state index >= 15 is 0 Å². The molecule has 1 amide bonds. The molecule has 0 saturated carbocycles.